The fourth-order valence-corrected chi connectivity index (χ4v) is 0.718. The summed E-state index contributed by atoms with van der Waals surface area (Å²) < 4.78 is 0. The second-order valence-electron chi connectivity index (χ2n) is 3.35. The minimum absolute atomic E-state index is 0.731. The summed E-state index contributed by atoms with van der Waals surface area (Å²) in [6.45, 7) is 8.81. The molecule has 0 aromatic heterocycles. The van der Waals surface area contributed by atoms with Gasteiger partial charge in [-0.2, -0.15) is 0 Å². The first-order chi connectivity index (χ1) is 4.04. The van der Waals surface area contributed by atoms with Crippen molar-refractivity contribution in [3.05, 3.63) is 11.6 Å². The van der Waals surface area contributed by atoms with Gasteiger partial charge in [0.25, 0.3) is 0 Å². The Balaban J connectivity index is 3.76. The van der Waals surface area contributed by atoms with E-state index in [-0.39, 0.29) is 0 Å². The van der Waals surface area contributed by atoms with Crippen molar-refractivity contribution < 1.29 is 0 Å². The molecule has 1 unspecified atom stereocenters. The van der Waals surface area contributed by atoms with E-state index >= 15 is 0 Å². The van der Waals surface area contributed by atoms with Crippen LogP contribution in [0.2, 0.25) is 5.82 Å². The van der Waals surface area contributed by atoms with Gasteiger partial charge in [-0.25, -0.2) is 0 Å². The van der Waals surface area contributed by atoms with Crippen LogP contribution < -0.4 is 0 Å². The van der Waals surface area contributed by atoms with Crippen LogP contribution in [-0.2, 0) is 0 Å². The third-order valence-electron chi connectivity index (χ3n) is 1.65. The first kappa shape index (κ1) is 8.80. The lowest BCUT2D eigenvalue weighted by atomic mass is 9.77. The molecule has 0 N–H and O–H groups in total. The molecule has 0 radical (unpaired) electrons. The number of allylic oxidation sites excluding steroid dienone is 2. The smallest absolute Gasteiger partial charge is 0.0905 e. The molecule has 0 rings (SSSR count). The van der Waals surface area contributed by atoms with E-state index in [2.05, 4.69) is 41.6 Å². The summed E-state index contributed by atoms with van der Waals surface area (Å²) in [5, 5.41) is 0. The van der Waals surface area contributed by atoms with E-state index in [1.54, 1.807) is 0 Å². The third kappa shape index (κ3) is 4.32. The molecule has 0 aliphatic heterocycles. The first-order valence-electron chi connectivity index (χ1n) is 3.69. The molecular formula is C8H17B. The molecule has 0 bridgehead atoms. The van der Waals surface area contributed by atoms with E-state index in [0.717, 1.165) is 11.7 Å². The summed E-state index contributed by atoms with van der Waals surface area (Å²) in [5.74, 6) is 1.51. The predicted molar refractivity (Wildman–Crippen MR) is 46.6 cm³/mol. The topological polar surface area (TPSA) is 0 Å². The van der Waals surface area contributed by atoms with E-state index in [4.69, 9.17) is 0 Å². The lowest BCUT2D eigenvalue weighted by molar-refractivity contribution is 0.660. The van der Waals surface area contributed by atoms with Crippen molar-refractivity contribution in [2.45, 2.75) is 33.5 Å². The van der Waals surface area contributed by atoms with Crippen LogP contribution in [0, 0.1) is 5.92 Å². The van der Waals surface area contributed by atoms with Crippen molar-refractivity contribution in [1.29, 1.82) is 0 Å². The van der Waals surface area contributed by atoms with Crippen molar-refractivity contribution in [3.63, 3.8) is 0 Å². The van der Waals surface area contributed by atoms with Crippen LogP contribution in [0.4, 0.5) is 0 Å². The Kier molecular flexibility index (Phi) is 3.68. The summed E-state index contributed by atoms with van der Waals surface area (Å²) in [7, 11) is 2.26. The van der Waals surface area contributed by atoms with Gasteiger partial charge in [0.05, 0.1) is 0 Å². The molecule has 0 aromatic rings. The van der Waals surface area contributed by atoms with Gasteiger partial charge >= 0.3 is 0 Å². The average molecular weight is 124 g/mol. The molecular weight excluding hydrogens is 107 g/mol. The largest absolute Gasteiger partial charge is 0.110 e. The van der Waals surface area contributed by atoms with Crippen LogP contribution in [0.25, 0.3) is 0 Å². The molecule has 0 spiro atoms. The highest BCUT2D eigenvalue weighted by Crippen LogP contribution is 2.15. The molecule has 52 valence electrons. The Bertz CT molecular complexity index is 99.1. The minimum Gasteiger partial charge on any atom is -0.0905 e. The summed E-state index contributed by atoms with van der Waals surface area (Å²) in [5.41, 5.74) is 1.43. The van der Waals surface area contributed by atoms with Crippen molar-refractivity contribution in [1.82, 2.24) is 0 Å². The summed E-state index contributed by atoms with van der Waals surface area (Å²) in [4.78, 5) is 0. The molecule has 1 heteroatoms. The molecule has 0 heterocycles. The van der Waals surface area contributed by atoms with Crippen LogP contribution in [0.5, 0.6) is 0 Å². The highest BCUT2D eigenvalue weighted by atomic mass is 14.0. The lowest BCUT2D eigenvalue weighted by Crippen LogP contribution is -1.97. The molecule has 1 atom stereocenters. The maximum atomic E-state index is 2.32. The molecule has 0 fully saturated rings. The quantitative estimate of drug-likeness (QED) is 0.390. The highest BCUT2D eigenvalue weighted by molar-refractivity contribution is 6.13. The van der Waals surface area contributed by atoms with Gasteiger partial charge in [0.15, 0.2) is 0 Å². The maximum Gasteiger partial charge on any atom is 0.110 e. The van der Waals surface area contributed by atoms with Gasteiger partial charge in [0, 0.05) is 0 Å². The van der Waals surface area contributed by atoms with Crippen molar-refractivity contribution >= 4 is 7.85 Å². The zero-order valence-corrected chi connectivity index (χ0v) is 7.23. The van der Waals surface area contributed by atoms with Crippen LogP contribution in [0.1, 0.15) is 27.7 Å². The zero-order chi connectivity index (χ0) is 7.44. The maximum absolute atomic E-state index is 2.32. The van der Waals surface area contributed by atoms with Crippen LogP contribution in [0.15, 0.2) is 11.6 Å². The first-order valence-corrected chi connectivity index (χ1v) is 3.69. The molecule has 9 heavy (non-hydrogen) atoms. The third-order valence-corrected chi connectivity index (χ3v) is 1.65. The molecule has 0 saturated carbocycles. The van der Waals surface area contributed by atoms with E-state index in [9.17, 15) is 0 Å². The molecule has 0 nitrogen and oxygen atoms in total. The van der Waals surface area contributed by atoms with Crippen LogP contribution in [0.3, 0.4) is 0 Å². The van der Waals surface area contributed by atoms with Gasteiger partial charge in [-0.15, -0.1) is 0 Å². The molecule has 0 amide bonds. The Hall–Kier alpha value is -0.195. The Morgan fingerprint density at radius 3 is 1.89 bits per heavy atom. The fourth-order valence-electron chi connectivity index (χ4n) is 0.718. The minimum atomic E-state index is 0.731. The summed E-state index contributed by atoms with van der Waals surface area (Å²) in [6, 6.07) is 0. The number of hydrogen-bond acceptors (Lipinski definition) is 0. The van der Waals surface area contributed by atoms with Crippen molar-refractivity contribution in [3.8, 4) is 0 Å². The highest BCUT2D eigenvalue weighted by Gasteiger charge is 2.01. The SMILES string of the molecule is BC(C=C(C)C)C(C)C. The van der Waals surface area contributed by atoms with Gasteiger partial charge in [0.1, 0.15) is 7.85 Å². The lowest BCUT2D eigenvalue weighted by Gasteiger charge is -2.10. The van der Waals surface area contributed by atoms with Crippen molar-refractivity contribution in [2.75, 3.05) is 0 Å². The van der Waals surface area contributed by atoms with Gasteiger partial charge < -0.3 is 0 Å². The van der Waals surface area contributed by atoms with E-state index in [1.807, 2.05) is 0 Å². The van der Waals surface area contributed by atoms with E-state index in [0.29, 0.717) is 0 Å². The Morgan fingerprint density at radius 2 is 1.78 bits per heavy atom. The summed E-state index contributed by atoms with van der Waals surface area (Å²) in [6.07, 6.45) is 2.32. The average Bonchev–Trinajstić information content (AvgIpc) is 1.63. The molecule has 0 aliphatic rings. The number of rotatable bonds is 2. The zero-order valence-electron chi connectivity index (χ0n) is 7.23. The Labute approximate surface area is 59.8 Å². The molecule has 0 aliphatic carbocycles. The second kappa shape index (κ2) is 3.76. The Morgan fingerprint density at radius 1 is 1.33 bits per heavy atom. The monoisotopic (exact) mass is 124 g/mol. The van der Waals surface area contributed by atoms with Crippen LogP contribution in [-0.4, -0.2) is 7.85 Å². The molecule has 0 saturated heterocycles. The van der Waals surface area contributed by atoms with Gasteiger partial charge in [-0.05, 0) is 25.6 Å². The second-order valence-corrected chi connectivity index (χ2v) is 3.35. The summed E-state index contributed by atoms with van der Waals surface area (Å²) >= 11 is 0. The predicted octanol–water partition coefficient (Wildman–Crippen LogP) is 2.03. The van der Waals surface area contributed by atoms with Gasteiger partial charge in [-0.3, -0.25) is 0 Å². The van der Waals surface area contributed by atoms with E-state index < -0.39 is 0 Å². The normalized spacial score (nSPS) is 13.4. The van der Waals surface area contributed by atoms with Gasteiger partial charge in [-0.1, -0.05) is 25.5 Å². The standard InChI is InChI=1S/C8H17B/c1-6(2)5-8(9)7(3)4/h5,7-8H,9H2,1-4H3. The van der Waals surface area contributed by atoms with Crippen LogP contribution >= 0.6 is 0 Å². The van der Waals surface area contributed by atoms with E-state index in [1.165, 1.54) is 5.57 Å². The molecule has 0 aromatic carbocycles. The fraction of sp³-hybridized carbons (Fsp3) is 0.750. The van der Waals surface area contributed by atoms with Gasteiger partial charge in [0.2, 0.25) is 0 Å². The van der Waals surface area contributed by atoms with Crippen molar-refractivity contribution in [2.24, 2.45) is 5.92 Å². The number of hydrogen-bond donors (Lipinski definition) is 0.